The third kappa shape index (κ3) is 2.79. The minimum absolute atomic E-state index is 0.0531. The maximum absolute atomic E-state index is 13.2. The fraction of sp³-hybridized carbons (Fsp3) is 0.300. The summed E-state index contributed by atoms with van der Waals surface area (Å²) in [6.45, 7) is 0. The molecule has 9 heteroatoms. The van der Waals surface area contributed by atoms with Crippen LogP contribution in [0.1, 0.15) is 10.4 Å². The van der Waals surface area contributed by atoms with E-state index in [1.165, 1.54) is 0 Å². The molecule has 1 rings (SSSR count). The van der Waals surface area contributed by atoms with Crippen LogP contribution in [0.15, 0.2) is 24.3 Å². The summed E-state index contributed by atoms with van der Waals surface area (Å²) in [4.78, 5) is 10.4. The summed E-state index contributed by atoms with van der Waals surface area (Å²) in [7, 11) is 0. The molecule has 19 heavy (non-hydrogen) atoms. The van der Waals surface area contributed by atoms with Gasteiger partial charge in [-0.2, -0.15) is 30.7 Å². The predicted octanol–water partition coefficient (Wildman–Crippen LogP) is 3.67. The van der Waals surface area contributed by atoms with Gasteiger partial charge in [0.2, 0.25) is 0 Å². The fourth-order valence-corrected chi connectivity index (χ4v) is 1.10. The maximum Gasteiger partial charge on any atom is 0.470 e. The molecule has 0 radical (unpaired) electrons. The third-order valence-corrected chi connectivity index (χ3v) is 2.03. The van der Waals surface area contributed by atoms with Gasteiger partial charge in [0.25, 0.3) is 0 Å². The molecule has 0 saturated heterocycles. The zero-order valence-electron chi connectivity index (χ0n) is 8.85. The number of carbonyl (C=O) groups is 1. The molecule has 0 aromatic heterocycles. The number of ether oxygens (including phenoxy) is 1. The lowest BCUT2D eigenvalue weighted by molar-refractivity contribution is -0.405. The van der Waals surface area contributed by atoms with Crippen LogP contribution in [0, 0.1) is 0 Å². The molecule has 0 fully saturated rings. The van der Waals surface area contributed by atoms with Gasteiger partial charge in [0.05, 0.1) is 5.56 Å². The molecule has 0 aliphatic carbocycles. The molecule has 1 aromatic rings. The lowest BCUT2D eigenvalue weighted by Crippen LogP contribution is -2.57. The third-order valence-electron chi connectivity index (χ3n) is 2.03. The Kier molecular flexibility index (Phi) is 3.78. The molecular formula is C10H5F7O2. The maximum atomic E-state index is 13.2. The van der Waals surface area contributed by atoms with Crippen LogP contribution < -0.4 is 4.74 Å². The van der Waals surface area contributed by atoms with Crippen molar-refractivity contribution in [1.82, 2.24) is 0 Å². The highest BCUT2D eigenvalue weighted by atomic mass is 19.4. The Hall–Kier alpha value is -1.80. The van der Waals surface area contributed by atoms with Gasteiger partial charge in [-0.3, -0.25) is 4.79 Å². The number of alkyl halides is 7. The predicted molar refractivity (Wildman–Crippen MR) is 48.4 cm³/mol. The van der Waals surface area contributed by atoms with Gasteiger partial charge in [-0.1, -0.05) is 12.1 Å². The smallest absolute Gasteiger partial charge is 0.443 e. The Labute approximate surface area is 101 Å². The number of para-hydroxylation sites is 1. The Bertz CT molecular complexity index is 450. The van der Waals surface area contributed by atoms with E-state index in [0.29, 0.717) is 6.07 Å². The molecule has 0 aliphatic heterocycles. The van der Waals surface area contributed by atoms with Gasteiger partial charge in [-0.25, -0.2) is 0 Å². The van der Waals surface area contributed by atoms with Crippen molar-refractivity contribution in [2.75, 3.05) is 0 Å². The highest BCUT2D eigenvalue weighted by molar-refractivity contribution is 5.79. The van der Waals surface area contributed by atoms with Gasteiger partial charge in [0, 0.05) is 0 Å². The molecule has 0 unspecified atom stereocenters. The van der Waals surface area contributed by atoms with E-state index >= 15 is 0 Å². The van der Waals surface area contributed by atoms with Crippen molar-refractivity contribution in [2.24, 2.45) is 0 Å². The van der Waals surface area contributed by atoms with E-state index < -0.39 is 29.5 Å². The summed E-state index contributed by atoms with van der Waals surface area (Å²) in [5, 5.41) is 0. The van der Waals surface area contributed by atoms with Gasteiger partial charge in [-0.15, -0.1) is 0 Å². The van der Waals surface area contributed by atoms with Crippen LogP contribution in [0.3, 0.4) is 0 Å². The van der Waals surface area contributed by atoms with Crippen molar-refractivity contribution < 1.29 is 40.3 Å². The molecule has 1 aromatic carbocycles. The zero-order chi connectivity index (χ0) is 14.9. The SMILES string of the molecule is O=Cc1ccccc1OC(F)(C(F)(F)F)C(F)(F)F. The lowest BCUT2D eigenvalue weighted by Gasteiger charge is -2.30. The Morgan fingerprint density at radius 1 is 0.895 bits per heavy atom. The molecular weight excluding hydrogens is 285 g/mol. The highest BCUT2D eigenvalue weighted by Gasteiger charge is 2.76. The van der Waals surface area contributed by atoms with E-state index in [-0.39, 0.29) is 6.29 Å². The quantitative estimate of drug-likeness (QED) is 0.627. The minimum Gasteiger partial charge on any atom is -0.443 e. The van der Waals surface area contributed by atoms with Crippen molar-refractivity contribution in [3.05, 3.63) is 29.8 Å². The van der Waals surface area contributed by atoms with Gasteiger partial charge >= 0.3 is 18.2 Å². The topological polar surface area (TPSA) is 26.3 Å². The molecule has 2 nitrogen and oxygen atoms in total. The lowest BCUT2D eigenvalue weighted by atomic mass is 10.2. The number of hydrogen-bond donors (Lipinski definition) is 0. The second-order valence-electron chi connectivity index (χ2n) is 3.35. The molecule has 0 saturated carbocycles. The summed E-state index contributed by atoms with van der Waals surface area (Å²) >= 11 is 0. The van der Waals surface area contributed by atoms with Gasteiger partial charge < -0.3 is 4.74 Å². The van der Waals surface area contributed by atoms with Crippen molar-refractivity contribution in [1.29, 1.82) is 0 Å². The number of halogens is 7. The fourth-order valence-electron chi connectivity index (χ4n) is 1.10. The van der Waals surface area contributed by atoms with Crippen LogP contribution in [-0.2, 0) is 0 Å². The average molecular weight is 290 g/mol. The normalized spacial score (nSPS) is 13.2. The molecule has 0 aliphatic rings. The van der Waals surface area contributed by atoms with Crippen molar-refractivity contribution in [2.45, 2.75) is 18.2 Å². The summed E-state index contributed by atoms with van der Waals surface area (Å²) in [5.41, 5.74) is -0.641. The van der Waals surface area contributed by atoms with E-state index in [1.807, 2.05) is 0 Å². The second-order valence-corrected chi connectivity index (χ2v) is 3.35. The molecule has 0 amide bonds. The molecule has 0 N–H and O–H groups in total. The first-order valence-electron chi connectivity index (χ1n) is 4.58. The number of benzene rings is 1. The van der Waals surface area contributed by atoms with E-state index in [0.717, 1.165) is 18.2 Å². The summed E-state index contributed by atoms with van der Waals surface area (Å²) in [6.07, 6.45) is -12.7. The van der Waals surface area contributed by atoms with E-state index in [1.54, 1.807) is 0 Å². The number of rotatable bonds is 3. The van der Waals surface area contributed by atoms with Crippen LogP contribution in [0.4, 0.5) is 30.7 Å². The average Bonchev–Trinajstić information content (AvgIpc) is 2.26. The number of carbonyl (C=O) groups excluding carboxylic acids is 1. The van der Waals surface area contributed by atoms with Crippen molar-refractivity contribution in [3.8, 4) is 5.75 Å². The highest BCUT2D eigenvalue weighted by Crippen LogP contribution is 2.47. The molecule has 0 heterocycles. The Balaban J connectivity index is 3.28. The largest absolute Gasteiger partial charge is 0.470 e. The Morgan fingerprint density at radius 3 is 1.79 bits per heavy atom. The standard InChI is InChI=1S/C10H5F7O2/c11-8(9(12,13)14,10(15,16)17)19-7-4-2-1-3-6(7)5-18/h1-5H. The summed E-state index contributed by atoms with van der Waals surface area (Å²) in [5.74, 6) is -7.05. The van der Waals surface area contributed by atoms with E-state index in [9.17, 15) is 35.5 Å². The zero-order valence-corrected chi connectivity index (χ0v) is 8.85. The number of hydrogen-bond acceptors (Lipinski definition) is 2. The van der Waals surface area contributed by atoms with Crippen LogP contribution in [0.5, 0.6) is 5.75 Å². The first-order valence-corrected chi connectivity index (χ1v) is 4.58. The monoisotopic (exact) mass is 290 g/mol. The van der Waals surface area contributed by atoms with Crippen molar-refractivity contribution in [3.63, 3.8) is 0 Å². The van der Waals surface area contributed by atoms with Gasteiger partial charge in [-0.05, 0) is 12.1 Å². The summed E-state index contributed by atoms with van der Waals surface area (Å²) < 4.78 is 89.9. The van der Waals surface area contributed by atoms with Crippen LogP contribution in [0.25, 0.3) is 0 Å². The minimum atomic E-state index is -6.35. The van der Waals surface area contributed by atoms with Gasteiger partial charge in [0.1, 0.15) is 5.75 Å². The molecule has 0 bridgehead atoms. The summed E-state index contributed by atoms with van der Waals surface area (Å²) in [6, 6.07) is 3.66. The first kappa shape index (κ1) is 15.3. The molecule has 106 valence electrons. The number of aldehydes is 1. The first-order chi connectivity index (χ1) is 8.53. The molecule has 0 atom stereocenters. The van der Waals surface area contributed by atoms with Crippen LogP contribution >= 0.6 is 0 Å². The van der Waals surface area contributed by atoms with Gasteiger partial charge in [0.15, 0.2) is 6.29 Å². The van der Waals surface area contributed by atoms with Crippen LogP contribution in [0.2, 0.25) is 0 Å². The Morgan fingerprint density at radius 2 is 1.37 bits per heavy atom. The van der Waals surface area contributed by atoms with E-state index in [2.05, 4.69) is 4.74 Å². The second kappa shape index (κ2) is 4.71. The van der Waals surface area contributed by atoms with E-state index in [4.69, 9.17) is 0 Å². The molecule has 0 spiro atoms. The van der Waals surface area contributed by atoms with Crippen LogP contribution in [-0.4, -0.2) is 24.5 Å². The van der Waals surface area contributed by atoms with Crippen molar-refractivity contribution >= 4 is 6.29 Å².